The van der Waals surface area contributed by atoms with E-state index in [0.717, 1.165) is 18.4 Å². The van der Waals surface area contributed by atoms with Crippen LogP contribution >= 0.6 is 23.2 Å². The number of ether oxygens (including phenoxy) is 1. The largest absolute Gasteiger partial charge is 0.482 e. The van der Waals surface area contributed by atoms with Crippen molar-refractivity contribution in [3.05, 3.63) is 27.7 Å². The van der Waals surface area contributed by atoms with Gasteiger partial charge in [0.2, 0.25) is 0 Å². The van der Waals surface area contributed by atoms with Crippen LogP contribution in [0.15, 0.2) is 12.1 Å². The highest BCUT2D eigenvalue weighted by Crippen LogP contribution is 2.32. The molecule has 0 radical (unpaired) electrons. The molecule has 4 nitrogen and oxygen atoms in total. The van der Waals surface area contributed by atoms with E-state index in [-0.39, 0.29) is 12.5 Å². The molecule has 1 amide bonds. The molecule has 0 saturated carbocycles. The summed E-state index contributed by atoms with van der Waals surface area (Å²) in [4.78, 5) is 11.6. The van der Waals surface area contributed by atoms with Crippen LogP contribution in [0, 0.1) is 0 Å². The molecule has 0 saturated heterocycles. The molecule has 0 fully saturated rings. The van der Waals surface area contributed by atoms with Crippen molar-refractivity contribution in [3.8, 4) is 5.75 Å². The van der Waals surface area contributed by atoms with Crippen LogP contribution in [0.2, 0.25) is 10.0 Å². The lowest BCUT2D eigenvalue weighted by Crippen LogP contribution is -2.29. The van der Waals surface area contributed by atoms with Crippen LogP contribution in [0.3, 0.4) is 0 Å². The molecule has 0 unspecified atom stereocenters. The van der Waals surface area contributed by atoms with Crippen LogP contribution in [0.25, 0.3) is 0 Å². The number of hydrogen-bond donors (Lipinski definition) is 2. The molecule has 0 aromatic heterocycles. The molecular formula is C14H20Cl2N2O2. The summed E-state index contributed by atoms with van der Waals surface area (Å²) >= 11 is 12.0. The first-order valence-electron chi connectivity index (χ1n) is 6.66. The number of carbonyl (C=O) groups excluding carboxylic acids is 1. The van der Waals surface area contributed by atoms with Crippen molar-refractivity contribution in [2.75, 3.05) is 19.7 Å². The molecule has 20 heavy (non-hydrogen) atoms. The molecule has 0 spiro atoms. The molecule has 1 aromatic carbocycles. The van der Waals surface area contributed by atoms with Gasteiger partial charge < -0.3 is 15.8 Å². The van der Waals surface area contributed by atoms with Gasteiger partial charge in [0, 0.05) is 11.6 Å². The topological polar surface area (TPSA) is 64.3 Å². The fourth-order valence-electron chi connectivity index (χ4n) is 1.71. The van der Waals surface area contributed by atoms with Gasteiger partial charge in [-0.2, -0.15) is 0 Å². The van der Waals surface area contributed by atoms with Crippen LogP contribution in [-0.2, 0) is 11.2 Å². The van der Waals surface area contributed by atoms with Crippen LogP contribution < -0.4 is 15.8 Å². The number of nitrogens with two attached hydrogens (primary N) is 1. The van der Waals surface area contributed by atoms with E-state index >= 15 is 0 Å². The summed E-state index contributed by atoms with van der Waals surface area (Å²) < 4.78 is 5.51. The van der Waals surface area contributed by atoms with Crippen molar-refractivity contribution in [2.24, 2.45) is 5.73 Å². The van der Waals surface area contributed by atoms with E-state index in [1.807, 2.05) is 0 Å². The number of benzene rings is 1. The molecule has 0 atom stereocenters. The predicted octanol–water partition coefficient (Wildman–Crippen LogP) is 2.79. The Morgan fingerprint density at radius 2 is 2.15 bits per heavy atom. The molecule has 0 aliphatic rings. The first-order valence-corrected chi connectivity index (χ1v) is 7.41. The van der Waals surface area contributed by atoms with Gasteiger partial charge in [0.15, 0.2) is 6.61 Å². The Morgan fingerprint density at radius 3 is 2.80 bits per heavy atom. The fourth-order valence-corrected chi connectivity index (χ4v) is 2.30. The molecule has 0 bridgehead atoms. The zero-order chi connectivity index (χ0) is 15.0. The average Bonchev–Trinajstić information content (AvgIpc) is 2.38. The van der Waals surface area contributed by atoms with Gasteiger partial charge in [-0.3, -0.25) is 4.79 Å². The van der Waals surface area contributed by atoms with Crippen molar-refractivity contribution in [2.45, 2.75) is 26.2 Å². The summed E-state index contributed by atoms with van der Waals surface area (Å²) in [6.07, 6.45) is 2.57. The molecule has 0 heterocycles. The molecule has 112 valence electrons. The second kappa shape index (κ2) is 9.06. The number of rotatable bonds is 8. The Bertz CT molecular complexity index is 453. The molecule has 0 aliphatic carbocycles. The average molecular weight is 319 g/mol. The number of unbranched alkanes of at least 4 members (excludes halogenated alkanes) is 1. The van der Waals surface area contributed by atoms with Gasteiger partial charge in [-0.05, 0) is 37.1 Å². The molecule has 0 aliphatic heterocycles. The number of hydrogen-bond acceptors (Lipinski definition) is 3. The minimum absolute atomic E-state index is 0.0668. The van der Waals surface area contributed by atoms with Gasteiger partial charge in [0.25, 0.3) is 5.91 Å². The Balaban J connectivity index is 2.64. The third-order valence-electron chi connectivity index (χ3n) is 2.70. The van der Waals surface area contributed by atoms with E-state index in [0.29, 0.717) is 35.3 Å². The highest BCUT2D eigenvalue weighted by atomic mass is 35.5. The van der Waals surface area contributed by atoms with E-state index < -0.39 is 0 Å². The Morgan fingerprint density at radius 1 is 1.40 bits per heavy atom. The number of halogens is 2. The monoisotopic (exact) mass is 318 g/mol. The third kappa shape index (κ3) is 5.57. The summed E-state index contributed by atoms with van der Waals surface area (Å²) in [5, 5.41) is 3.70. The lowest BCUT2D eigenvalue weighted by molar-refractivity contribution is -0.123. The maximum absolute atomic E-state index is 11.6. The number of nitrogens with one attached hydrogen (secondary N) is 1. The lowest BCUT2D eigenvalue weighted by atomic mass is 10.1. The summed E-state index contributed by atoms with van der Waals surface area (Å²) in [6, 6.07) is 3.35. The molecule has 6 heteroatoms. The van der Waals surface area contributed by atoms with Gasteiger partial charge in [-0.15, -0.1) is 0 Å². The van der Waals surface area contributed by atoms with E-state index in [4.69, 9.17) is 33.7 Å². The second-order valence-corrected chi connectivity index (χ2v) is 5.25. The maximum atomic E-state index is 11.6. The Hall–Kier alpha value is -0.970. The molecule has 1 aromatic rings. The Kier molecular flexibility index (Phi) is 7.73. The first kappa shape index (κ1) is 17.1. The van der Waals surface area contributed by atoms with Crippen LogP contribution in [-0.4, -0.2) is 25.6 Å². The van der Waals surface area contributed by atoms with E-state index in [9.17, 15) is 4.79 Å². The Labute approximate surface area is 129 Å². The molecule has 1 rings (SSSR count). The normalized spacial score (nSPS) is 10.4. The maximum Gasteiger partial charge on any atom is 0.257 e. The summed E-state index contributed by atoms with van der Waals surface area (Å²) in [6.45, 7) is 3.11. The fraction of sp³-hybridized carbons (Fsp3) is 0.500. The molecule has 3 N–H and O–H groups in total. The van der Waals surface area contributed by atoms with E-state index in [2.05, 4.69) is 12.2 Å². The standard InChI is InChI=1S/C14H20Cl2N2O2/c1-2-3-6-18-13(19)9-20-14-10(4-5-17)7-11(15)8-12(14)16/h7-8H,2-6,9,17H2,1H3,(H,18,19). The molecular weight excluding hydrogens is 299 g/mol. The SMILES string of the molecule is CCCCNC(=O)COc1c(Cl)cc(Cl)cc1CCN. The van der Waals surface area contributed by atoms with Gasteiger partial charge in [-0.1, -0.05) is 36.5 Å². The third-order valence-corrected chi connectivity index (χ3v) is 3.20. The van der Waals surface area contributed by atoms with Crippen molar-refractivity contribution < 1.29 is 9.53 Å². The van der Waals surface area contributed by atoms with Crippen molar-refractivity contribution in [3.63, 3.8) is 0 Å². The number of amides is 1. The number of carbonyl (C=O) groups is 1. The van der Waals surface area contributed by atoms with Crippen LogP contribution in [0.1, 0.15) is 25.3 Å². The smallest absolute Gasteiger partial charge is 0.257 e. The van der Waals surface area contributed by atoms with E-state index in [1.165, 1.54) is 0 Å². The summed E-state index contributed by atoms with van der Waals surface area (Å²) in [7, 11) is 0. The second-order valence-electron chi connectivity index (χ2n) is 4.41. The quantitative estimate of drug-likeness (QED) is 0.724. The highest BCUT2D eigenvalue weighted by Gasteiger charge is 2.12. The van der Waals surface area contributed by atoms with Crippen molar-refractivity contribution in [1.82, 2.24) is 5.32 Å². The zero-order valence-corrected chi connectivity index (χ0v) is 13.1. The van der Waals surface area contributed by atoms with Crippen LogP contribution in [0.4, 0.5) is 0 Å². The van der Waals surface area contributed by atoms with Gasteiger partial charge in [0.05, 0.1) is 5.02 Å². The highest BCUT2D eigenvalue weighted by molar-refractivity contribution is 6.35. The van der Waals surface area contributed by atoms with E-state index in [1.54, 1.807) is 12.1 Å². The van der Waals surface area contributed by atoms with Crippen molar-refractivity contribution in [1.29, 1.82) is 0 Å². The first-order chi connectivity index (χ1) is 9.58. The van der Waals surface area contributed by atoms with Gasteiger partial charge >= 0.3 is 0 Å². The lowest BCUT2D eigenvalue weighted by Gasteiger charge is -2.13. The van der Waals surface area contributed by atoms with Crippen LogP contribution in [0.5, 0.6) is 5.75 Å². The minimum atomic E-state index is -0.164. The summed E-state index contributed by atoms with van der Waals surface area (Å²) in [5.41, 5.74) is 6.36. The predicted molar refractivity (Wildman–Crippen MR) is 82.6 cm³/mol. The zero-order valence-electron chi connectivity index (χ0n) is 11.5. The van der Waals surface area contributed by atoms with Gasteiger partial charge in [0.1, 0.15) is 5.75 Å². The van der Waals surface area contributed by atoms with Crippen molar-refractivity contribution >= 4 is 29.1 Å². The summed E-state index contributed by atoms with van der Waals surface area (Å²) in [5.74, 6) is 0.315. The van der Waals surface area contributed by atoms with Gasteiger partial charge in [-0.25, -0.2) is 0 Å². The minimum Gasteiger partial charge on any atom is -0.482 e.